The minimum atomic E-state index is -0.427. The van der Waals surface area contributed by atoms with Gasteiger partial charge >= 0.3 is 0 Å². The number of carbonyl (C=O) groups excluding carboxylic acids is 1. The molecule has 0 unspecified atom stereocenters. The molecule has 0 aliphatic heterocycles. The Bertz CT molecular complexity index is 437. The largest absolute Gasteiger partial charge is 0.483 e. The number of ether oxygens (including phenoxy) is 1. The molecule has 0 bridgehead atoms. The number of hydrogen-bond donors (Lipinski definition) is 2. The Balaban J connectivity index is 0.00000324. The normalized spacial score (nSPS) is 10.6. The molecule has 0 atom stereocenters. The molecule has 4 nitrogen and oxygen atoms in total. The summed E-state index contributed by atoms with van der Waals surface area (Å²) in [6.45, 7) is 5.88. The molecular formula is C13H20Cl2N2O2. The lowest BCUT2D eigenvalue weighted by molar-refractivity contribution is -0.124. The highest BCUT2D eigenvalue weighted by Gasteiger charge is 2.18. The third-order valence-corrected chi connectivity index (χ3v) is 2.97. The maximum Gasteiger partial charge on any atom is 0.258 e. The summed E-state index contributed by atoms with van der Waals surface area (Å²) < 4.78 is 5.43. The third-order valence-electron chi connectivity index (χ3n) is 2.56. The number of carbonyl (C=O) groups is 1. The number of nitrogens with one attached hydrogen (secondary N) is 1. The van der Waals surface area contributed by atoms with Gasteiger partial charge in [0.2, 0.25) is 0 Å². The molecule has 1 aromatic rings. The first-order chi connectivity index (χ1) is 8.35. The van der Waals surface area contributed by atoms with Crippen LogP contribution in [-0.4, -0.2) is 24.6 Å². The highest BCUT2D eigenvalue weighted by atomic mass is 35.5. The Morgan fingerprint density at radius 1 is 1.47 bits per heavy atom. The highest BCUT2D eigenvalue weighted by Crippen LogP contribution is 2.24. The van der Waals surface area contributed by atoms with E-state index in [-0.39, 0.29) is 24.9 Å². The molecular weight excluding hydrogens is 287 g/mol. The third kappa shape index (κ3) is 5.68. The van der Waals surface area contributed by atoms with Crippen molar-refractivity contribution < 1.29 is 9.53 Å². The highest BCUT2D eigenvalue weighted by molar-refractivity contribution is 6.31. The molecule has 0 heterocycles. The molecule has 3 N–H and O–H groups in total. The van der Waals surface area contributed by atoms with Crippen LogP contribution in [0.25, 0.3) is 0 Å². The number of halogens is 2. The average Bonchev–Trinajstić information content (AvgIpc) is 2.30. The van der Waals surface area contributed by atoms with Crippen LogP contribution >= 0.6 is 24.0 Å². The van der Waals surface area contributed by atoms with Crippen LogP contribution in [0.5, 0.6) is 5.75 Å². The van der Waals surface area contributed by atoms with Crippen LogP contribution in [0.15, 0.2) is 18.2 Å². The Hall–Kier alpha value is -0.970. The smallest absolute Gasteiger partial charge is 0.258 e. The van der Waals surface area contributed by atoms with Crippen molar-refractivity contribution in [3.63, 3.8) is 0 Å². The van der Waals surface area contributed by atoms with E-state index in [1.807, 2.05) is 20.8 Å². The molecule has 1 rings (SSSR count). The van der Waals surface area contributed by atoms with E-state index in [9.17, 15) is 4.79 Å². The maximum absolute atomic E-state index is 11.7. The number of rotatable bonds is 5. The van der Waals surface area contributed by atoms with E-state index in [4.69, 9.17) is 22.1 Å². The summed E-state index contributed by atoms with van der Waals surface area (Å²) in [4.78, 5) is 11.7. The first-order valence-electron chi connectivity index (χ1n) is 5.75. The van der Waals surface area contributed by atoms with Crippen molar-refractivity contribution in [2.45, 2.75) is 26.3 Å². The molecule has 0 saturated carbocycles. The van der Waals surface area contributed by atoms with Gasteiger partial charge in [0.05, 0.1) is 0 Å². The fraction of sp³-hybridized carbons (Fsp3) is 0.462. The lowest BCUT2D eigenvalue weighted by Crippen LogP contribution is -2.50. The van der Waals surface area contributed by atoms with Gasteiger partial charge in [-0.15, -0.1) is 12.4 Å². The second-order valence-corrected chi connectivity index (χ2v) is 5.20. The average molecular weight is 307 g/mol. The minimum absolute atomic E-state index is 0. The molecule has 0 fully saturated rings. The summed E-state index contributed by atoms with van der Waals surface area (Å²) in [6.07, 6.45) is 0. The van der Waals surface area contributed by atoms with Crippen molar-refractivity contribution in [3.05, 3.63) is 28.8 Å². The zero-order valence-corrected chi connectivity index (χ0v) is 12.9. The van der Waals surface area contributed by atoms with E-state index in [0.29, 0.717) is 17.3 Å². The fourth-order valence-electron chi connectivity index (χ4n) is 1.35. The van der Waals surface area contributed by atoms with Gasteiger partial charge in [0, 0.05) is 22.7 Å². The molecule has 0 radical (unpaired) electrons. The predicted octanol–water partition coefficient (Wildman–Crippen LogP) is 2.30. The zero-order chi connectivity index (χ0) is 13.8. The molecule has 0 aromatic heterocycles. The van der Waals surface area contributed by atoms with Crippen LogP contribution in [0.4, 0.5) is 0 Å². The summed E-state index contributed by atoms with van der Waals surface area (Å²) in [5.74, 6) is 0.410. The number of amides is 1. The van der Waals surface area contributed by atoms with Crippen LogP contribution in [0, 0.1) is 6.92 Å². The van der Waals surface area contributed by atoms with Gasteiger partial charge in [-0.05, 0) is 32.9 Å². The minimum Gasteiger partial charge on any atom is -0.483 e. The van der Waals surface area contributed by atoms with Crippen molar-refractivity contribution in [2.24, 2.45) is 5.73 Å². The Labute approximate surface area is 125 Å². The maximum atomic E-state index is 11.7. The van der Waals surface area contributed by atoms with Gasteiger partial charge in [0.1, 0.15) is 5.75 Å². The van der Waals surface area contributed by atoms with Gasteiger partial charge in [0.25, 0.3) is 5.91 Å². The van der Waals surface area contributed by atoms with Gasteiger partial charge in [-0.1, -0.05) is 17.7 Å². The molecule has 108 valence electrons. The van der Waals surface area contributed by atoms with Crippen LogP contribution in [0.2, 0.25) is 5.02 Å². The molecule has 1 aromatic carbocycles. The van der Waals surface area contributed by atoms with E-state index in [0.717, 1.165) is 5.56 Å². The Kier molecular flexibility index (Phi) is 7.19. The monoisotopic (exact) mass is 306 g/mol. The first-order valence-corrected chi connectivity index (χ1v) is 6.12. The molecule has 0 spiro atoms. The predicted molar refractivity (Wildman–Crippen MR) is 80.2 cm³/mol. The van der Waals surface area contributed by atoms with Crippen molar-refractivity contribution in [2.75, 3.05) is 13.2 Å². The lowest BCUT2D eigenvalue weighted by atomic mass is 10.1. The standard InChI is InChI=1S/C13H19ClN2O2.ClH/c1-9-10(14)5-4-6-11(9)18-7-12(17)16-13(2,3)8-15;/h4-6H,7-8,15H2,1-3H3,(H,16,17);1H. The van der Waals surface area contributed by atoms with Crippen LogP contribution in [-0.2, 0) is 4.79 Å². The van der Waals surface area contributed by atoms with Gasteiger partial charge < -0.3 is 15.8 Å². The summed E-state index contributed by atoms with van der Waals surface area (Å²) in [7, 11) is 0. The van der Waals surface area contributed by atoms with E-state index in [1.165, 1.54) is 0 Å². The van der Waals surface area contributed by atoms with Gasteiger partial charge in [-0.2, -0.15) is 0 Å². The molecule has 6 heteroatoms. The first kappa shape index (κ1) is 18.0. The number of hydrogen-bond acceptors (Lipinski definition) is 3. The van der Waals surface area contributed by atoms with Gasteiger partial charge in [-0.3, -0.25) is 4.79 Å². The van der Waals surface area contributed by atoms with Crippen LogP contribution in [0.3, 0.4) is 0 Å². The summed E-state index contributed by atoms with van der Waals surface area (Å²) in [5.41, 5.74) is 5.93. The quantitative estimate of drug-likeness (QED) is 0.877. The van der Waals surface area contributed by atoms with Crippen molar-refractivity contribution in [3.8, 4) is 5.75 Å². The second kappa shape index (κ2) is 7.58. The number of benzene rings is 1. The molecule has 19 heavy (non-hydrogen) atoms. The number of nitrogens with two attached hydrogens (primary N) is 1. The molecule has 0 aliphatic rings. The Morgan fingerprint density at radius 2 is 2.11 bits per heavy atom. The van der Waals surface area contributed by atoms with Crippen molar-refractivity contribution in [1.82, 2.24) is 5.32 Å². The molecule has 0 aliphatic carbocycles. The van der Waals surface area contributed by atoms with Crippen LogP contribution < -0.4 is 15.8 Å². The Morgan fingerprint density at radius 3 is 2.68 bits per heavy atom. The van der Waals surface area contributed by atoms with E-state index < -0.39 is 5.54 Å². The van der Waals surface area contributed by atoms with E-state index in [1.54, 1.807) is 18.2 Å². The van der Waals surface area contributed by atoms with E-state index >= 15 is 0 Å². The zero-order valence-electron chi connectivity index (χ0n) is 11.3. The summed E-state index contributed by atoms with van der Waals surface area (Å²) in [6, 6.07) is 5.34. The van der Waals surface area contributed by atoms with Crippen molar-refractivity contribution in [1.29, 1.82) is 0 Å². The lowest BCUT2D eigenvalue weighted by Gasteiger charge is -2.24. The van der Waals surface area contributed by atoms with E-state index in [2.05, 4.69) is 5.32 Å². The van der Waals surface area contributed by atoms with Gasteiger partial charge in [0.15, 0.2) is 6.61 Å². The molecule has 1 amide bonds. The summed E-state index contributed by atoms with van der Waals surface area (Å²) in [5, 5.41) is 3.41. The second-order valence-electron chi connectivity index (χ2n) is 4.79. The summed E-state index contributed by atoms with van der Waals surface area (Å²) >= 11 is 5.96. The van der Waals surface area contributed by atoms with Gasteiger partial charge in [-0.25, -0.2) is 0 Å². The van der Waals surface area contributed by atoms with Crippen LogP contribution in [0.1, 0.15) is 19.4 Å². The SMILES string of the molecule is Cc1c(Cl)cccc1OCC(=O)NC(C)(C)CN.Cl. The molecule has 0 saturated heterocycles. The fourth-order valence-corrected chi connectivity index (χ4v) is 1.52. The topological polar surface area (TPSA) is 64.3 Å². The van der Waals surface area contributed by atoms with Crippen molar-refractivity contribution >= 4 is 29.9 Å².